The highest BCUT2D eigenvalue weighted by atomic mass is 32.1. The first kappa shape index (κ1) is 12.8. The molecule has 0 atom stereocenters. The Morgan fingerprint density at radius 1 is 1.30 bits per heavy atom. The second kappa shape index (κ2) is 5.06. The van der Waals surface area contributed by atoms with Crippen LogP contribution in [0.3, 0.4) is 0 Å². The van der Waals surface area contributed by atoms with Gasteiger partial charge in [0.1, 0.15) is 22.2 Å². The predicted molar refractivity (Wildman–Crippen MR) is 72.8 cm³/mol. The fourth-order valence-corrected chi connectivity index (χ4v) is 2.52. The summed E-state index contributed by atoms with van der Waals surface area (Å²) in [4.78, 5) is 0. The van der Waals surface area contributed by atoms with Crippen molar-refractivity contribution in [3.05, 3.63) is 40.8 Å². The highest BCUT2D eigenvalue weighted by Crippen LogP contribution is 2.26. The minimum absolute atomic E-state index is 0.212. The molecule has 2 aromatic heterocycles. The van der Waals surface area contributed by atoms with Crippen LogP contribution in [0.25, 0.3) is 16.4 Å². The molecule has 3 rings (SSSR count). The molecule has 0 aliphatic rings. The van der Waals surface area contributed by atoms with Crippen molar-refractivity contribution in [1.82, 2.24) is 25.2 Å². The van der Waals surface area contributed by atoms with Crippen molar-refractivity contribution < 1.29 is 4.39 Å². The minimum atomic E-state index is -0.327. The summed E-state index contributed by atoms with van der Waals surface area (Å²) >= 11 is 1.38. The van der Waals surface area contributed by atoms with Gasteiger partial charge in [-0.15, -0.1) is 15.3 Å². The number of nitrogens with two attached hydrogens (primary N) is 1. The van der Waals surface area contributed by atoms with Crippen LogP contribution in [-0.2, 0) is 6.54 Å². The molecule has 6 nitrogen and oxygen atoms in total. The molecule has 102 valence electrons. The summed E-state index contributed by atoms with van der Waals surface area (Å²) in [5, 5.41) is 17.5. The van der Waals surface area contributed by atoms with E-state index in [1.54, 1.807) is 16.8 Å². The third kappa shape index (κ3) is 2.19. The number of halogens is 1. The Morgan fingerprint density at radius 2 is 2.15 bits per heavy atom. The Kier molecular flexibility index (Phi) is 3.25. The van der Waals surface area contributed by atoms with Crippen molar-refractivity contribution in [2.24, 2.45) is 5.73 Å². The molecule has 8 heteroatoms. The molecule has 0 saturated carbocycles. The number of aromatic nitrogens is 5. The molecule has 20 heavy (non-hydrogen) atoms. The van der Waals surface area contributed by atoms with Gasteiger partial charge in [-0.2, -0.15) is 4.68 Å². The number of aryl methyl sites for hydroxylation is 1. The fourth-order valence-electron chi connectivity index (χ4n) is 1.88. The van der Waals surface area contributed by atoms with E-state index in [9.17, 15) is 4.39 Å². The highest BCUT2D eigenvalue weighted by molar-refractivity contribution is 7.13. The SMILES string of the molecule is Cc1nnc(-n2nnc(CN)c2-c2cccc(F)c2)s1. The summed E-state index contributed by atoms with van der Waals surface area (Å²) < 4.78 is 15.0. The molecule has 0 saturated heterocycles. The Labute approximate surface area is 118 Å². The molecule has 0 radical (unpaired) electrons. The van der Waals surface area contributed by atoms with Crippen LogP contribution in [0.4, 0.5) is 4.39 Å². The largest absolute Gasteiger partial charge is 0.325 e. The summed E-state index contributed by atoms with van der Waals surface area (Å²) in [5.74, 6) is -0.327. The second-order valence-electron chi connectivity index (χ2n) is 4.11. The molecular weight excluding hydrogens is 279 g/mol. The lowest BCUT2D eigenvalue weighted by atomic mass is 10.1. The molecular formula is C12H11FN6S. The molecule has 0 aliphatic heterocycles. The Hall–Kier alpha value is -2.19. The first-order chi connectivity index (χ1) is 9.69. The van der Waals surface area contributed by atoms with Crippen LogP contribution >= 0.6 is 11.3 Å². The summed E-state index contributed by atoms with van der Waals surface area (Å²) in [6.45, 7) is 2.06. The first-order valence-electron chi connectivity index (χ1n) is 5.90. The van der Waals surface area contributed by atoms with Gasteiger partial charge in [-0.1, -0.05) is 28.7 Å². The van der Waals surface area contributed by atoms with Gasteiger partial charge in [-0.25, -0.2) is 4.39 Å². The minimum Gasteiger partial charge on any atom is -0.325 e. The van der Waals surface area contributed by atoms with Gasteiger partial charge in [-0.05, 0) is 19.1 Å². The third-order valence-electron chi connectivity index (χ3n) is 2.73. The monoisotopic (exact) mass is 290 g/mol. The summed E-state index contributed by atoms with van der Waals surface area (Å²) in [5.41, 5.74) is 7.56. The molecule has 2 N–H and O–H groups in total. The van der Waals surface area contributed by atoms with Crippen LogP contribution in [0, 0.1) is 12.7 Å². The number of hydrogen-bond acceptors (Lipinski definition) is 6. The summed E-state index contributed by atoms with van der Waals surface area (Å²) in [6, 6.07) is 6.22. The predicted octanol–water partition coefficient (Wildman–Crippen LogP) is 1.69. The lowest BCUT2D eigenvalue weighted by Crippen LogP contribution is -2.02. The number of nitrogens with zero attached hydrogens (tertiary/aromatic N) is 5. The molecule has 2 heterocycles. The van der Waals surface area contributed by atoms with E-state index < -0.39 is 0 Å². The Bertz CT molecular complexity index is 750. The lowest BCUT2D eigenvalue weighted by molar-refractivity contribution is 0.628. The molecule has 0 unspecified atom stereocenters. The van der Waals surface area contributed by atoms with Crippen molar-refractivity contribution in [2.45, 2.75) is 13.5 Å². The van der Waals surface area contributed by atoms with Crippen LogP contribution in [0.2, 0.25) is 0 Å². The number of rotatable bonds is 3. The van der Waals surface area contributed by atoms with E-state index >= 15 is 0 Å². The van der Waals surface area contributed by atoms with Gasteiger partial charge < -0.3 is 5.73 Å². The van der Waals surface area contributed by atoms with Crippen molar-refractivity contribution in [3.8, 4) is 16.4 Å². The number of hydrogen-bond donors (Lipinski definition) is 1. The Morgan fingerprint density at radius 3 is 2.80 bits per heavy atom. The van der Waals surface area contributed by atoms with Gasteiger partial charge in [0.2, 0.25) is 5.13 Å². The van der Waals surface area contributed by atoms with Crippen molar-refractivity contribution in [2.75, 3.05) is 0 Å². The maximum Gasteiger partial charge on any atom is 0.234 e. The summed E-state index contributed by atoms with van der Waals surface area (Å²) in [6.07, 6.45) is 0. The van der Waals surface area contributed by atoms with Gasteiger partial charge in [0.05, 0.1) is 0 Å². The van der Waals surface area contributed by atoms with Crippen molar-refractivity contribution >= 4 is 11.3 Å². The zero-order chi connectivity index (χ0) is 14.1. The first-order valence-corrected chi connectivity index (χ1v) is 6.71. The van der Waals surface area contributed by atoms with E-state index in [2.05, 4.69) is 20.5 Å². The van der Waals surface area contributed by atoms with Gasteiger partial charge in [0, 0.05) is 12.1 Å². The van der Waals surface area contributed by atoms with E-state index in [0.29, 0.717) is 22.1 Å². The second-order valence-corrected chi connectivity index (χ2v) is 5.27. The molecule has 3 aromatic rings. The van der Waals surface area contributed by atoms with Crippen LogP contribution < -0.4 is 5.73 Å². The molecule has 0 spiro atoms. The van der Waals surface area contributed by atoms with E-state index in [-0.39, 0.29) is 12.4 Å². The molecule has 0 bridgehead atoms. The lowest BCUT2D eigenvalue weighted by Gasteiger charge is -2.04. The summed E-state index contributed by atoms with van der Waals surface area (Å²) in [7, 11) is 0. The molecule has 1 aromatic carbocycles. The van der Waals surface area contributed by atoms with Crippen LogP contribution in [0.5, 0.6) is 0 Å². The zero-order valence-electron chi connectivity index (χ0n) is 10.6. The normalized spacial score (nSPS) is 10.9. The van der Waals surface area contributed by atoms with Gasteiger partial charge >= 0.3 is 0 Å². The average Bonchev–Trinajstić information content (AvgIpc) is 3.04. The fraction of sp³-hybridized carbons (Fsp3) is 0.167. The average molecular weight is 290 g/mol. The zero-order valence-corrected chi connectivity index (χ0v) is 11.4. The quantitative estimate of drug-likeness (QED) is 0.793. The van der Waals surface area contributed by atoms with E-state index in [1.807, 2.05) is 6.92 Å². The smallest absolute Gasteiger partial charge is 0.234 e. The van der Waals surface area contributed by atoms with Crippen LogP contribution in [0.15, 0.2) is 24.3 Å². The molecule has 0 amide bonds. The van der Waals surface area contributed by atoms with Crippen LogP contribution in [-0.4, -0.2) is 25.2 Å². The standard InChI is InChI=1S/C12H11FN6S/c1-7-15-17-12(20-7)19-11(10(6-14)16-18-19)8-3-2-4-9(13)5-8/h2-5H,6,14H2,1H3. The van der Waals surface area contributed by atoms with E-state index in [0.717, 1.165) is 5.01 Å². The van der Waals surface area contributed by atoms with Gasteiger partial charge in [0.15, 0.2) is 0 Å². The van der Waals surface area contributed by atoms with E-state index in [4.69, 9.17) is 5.73 Å². The van der Waals surface area contributed by atoms with Gasteiger partial charge in [0.25, 0.3) is 0 Å². The topological polar surface area (TPSA) is 82.5 Å². The maximum absolute atomic E-state index is 13.4. The van der Waals surface area contributed by atoms with Crippen molar-refractivity contribution in [1.29, 1.82) is 0 Å². The van der Waals surface area contributed by atoms with Gasteiger partial charge in [-0.3, -0.25) is 0 Å². The van der Waals surface area contributed by atoms with Crippen molar-refractivity contribution in [3.63, 3.8) is 0 Å². The van der Waals surface area contributed by atoms with E-state index in [1.165, 1.54) is 23.5 Å². The Balaban J connectivity index is 2.20. The van der Waals surface area contributed by atoms with Crippen LogP contribution in [0.1, 0.15) is 10.7 Å². The molecule has 0 fully saturated rings. The third-order valence-corrected chi connectivity index (χ3v) is 3.54. The maximum atomic E-state index is 13.4. The molecule has 0 aliphatic carbocycles. The number of benzene rings is 1. The highest BCUT2D eigenvalue weighted by Gasteiger charge is 2.18.